The molecule has 0 heterocycles. The van der Waals surface area contributed by atoms with Gasteiger partial charge in [-0.3, -0.25) is 0 Å². The van der Waals surface area contributed by atoms with Crippen LogP contribution in [0, 0.1) is 0 Å². The standard InChI is InChI=1S/3C6H13.H3O4P.3Zn/c3*1-3-5-6-4-2;1-5(2,3)4;;;/h3*1,3-6H2,2H3;(H3,1,2,3,4);;;/q;;;;3*+1/p-3. The Hall–Kier alpha value is 1.98. The number of rotatable bonds is 12. The summed E-state index contributed by atoms with van der Waals surface area (Å²) in [6.45, 7) is 6.77. The normalized spacial score (nSPS) is 10.0. The molecular formula is C18H39O4PZn3. The molecule has 146 valence electrons. The van der Waals surface area contributed by atoms with Gasteiger partial charge >= 0.3 is 168 Å². The number of phosphoric acid groups is 1. The summed E-state index contributed by atoms with van der Waals surface area (Å²) >= 11 is 4.47. The van der Waals surface area contributed by atoms with E-state index < -0.39 is 7.82 Å². The summed E-state index contributed by atoms with van der Waals surface area (Å²) in [7, 11) is -5.39. The maximum absolute atomic E-state index is 8.55. The smallest absolute Gasteiger partial charge is 0.159 e. The second kappa shape index (κ2) is 34.5. The van der Waals surface area contributed by atoms with Gasteiger partial charge in [0.25, 0.3) is 0 Å². The first-order valence-electron chi connectivity index (χ1n) is 10.4. The van der Waals surface area contributed by atoms with E-state index in [1.165, 1.54) is 147 Å². The summed E-state index contributed by atoms with van der Waals surface area (Å²) in [5.74, 6) is 0. The molecule has 0 aliphatic rings. The molecule has 8 heteroatoms. The maximum Gasteiger partial charge on any atom is -0.159 e. The Bertz CT molecular complexity index is 211. The number of unbranched alkanes of at least 4 members (excludes halogenated alkanes) is 9. The van der Waals surface area contributed by atoms with Crippen LogP contribution in [0.5, 0.6) is 0 Å². The molecule has 0 saturated carbocycles. The minimum absolute atomic E-state index is 1.38. The van der Waals surface area contributed by atoms with Crippen LogP contribution >= 0.6 is 7.82 Å². The molecule has 0 amide bonds. The Kier molecular flexibility index (Phi) is 47.0. The van der Waals surface area contributed by atoms with Gasteiger partial charge in [0.05, 0.1) is 0 Å². The van der Waals surface area contributed by atoms with Crippen LogP contribution in [0.4, 0.5) is 0 Å². The first-order chi connectivity index (χ1) is 12.2. The summed E-state index contributed by atoms with van der Waals surface area (Å²) in [6, 6.07) is 0. The first-order valence-corrected chi connectivity index (χ1v) is 18.1. The predicted molar refractivity (Wildman–Crippen MR) is 94.5 cm³/mol. The van der Waals surface area contributed by atoms with E-state index in [4.69, 9.17) is 19.2 Å². The van der Waals surface area contributed by atoms with Gasteiger partial charge in [0.15, 0.2) is 0 Å². The fourth-order valence-corrected chi connectivity index (χ4v) is 4.04. The third kappa shape index (κ3) is 82.9. The molecule has 0 rings (SSSR count). The van der Waals surface area contributed by atoms with Gasteiger partial charge in [-0.15, -0.1) is 0 Å². The zero-order valence-corrected chi connectivity index (χ0v) is 27.6. The molecule has 0 fully saturated rings. The van der Waals surface area contributed by atoms with Gasteiger partial charge in [-0.05, 0) is 0 Å². The van der Waals surface area contributed by atoms with Crippen molar-refractivity contribution >= 4 is 7.82 Å². The summed E-state index contributed by atoms with van der Waals surface area (Å²) in [6.07, 6.45) is 17.3. The van der Waals surface area contributed by atoms with Crippen molar-refractivity contribution in [2.45, 2.75) is 113 Å². The van der Waals surface area contributed by atoms with Crippen LogP contribution < -0.4 is 14.7 Å². The Morgan fingerprint density at radius 3 is 0.846 bits per heavy atom. The molecule has 0 aromatic heterocycles. The van der Waals surface area contributed by atoms with E-state index in [1.807, 2.05) is 0 Å². The molecule has 0 aromatic rings. The van der Waals surface area contributed by atoms with Gasteiger partial charge in [-0.25, -0.2) is 0 Å². The van der Waals surface area contributed by atoms with Gasteiger partial charge < -0.3 is 19.2 Å². The van der Waals surface area contributed by atoms with E-state index >= 15 is 0 Å². The summed E-state index contributed by atoms with van der Waals surface area (Å²) in [5.41, 5.74) is 0. The third-order valence-electron chi connectivity index (χ3n) is 3.31. The van der Waals surface area contributed by atoms with Crippen molar-refractivity contribution in [1.29, 1.82) is 0 Å². The van der Waals surface area contributed by atoms with Gasteiger partial charge in [0.1, 0.15) is 0 Å². The largest absolute Gasteiger partial charge is 0.822 e. The van der Waals surface area contributed by atoms with E-state index in [0.29, 0.717) is 0 Å². The molecule has 0 radical (unpaired) electrons. The van der Waals surface area contributed by atoms with Gasteiger partial charge in [0.2, 0.25) is 0 Å². The van der Waals surface area contributed by atoms with Crippen molar-refractivity contribution in [3.8, 4) is 0 Å². The Morgan fingerprint density at radius 1 is 0.538 bits per heavy atom. The Labute approximate surface area is 193 Å². The zero-order chi connectivity index (χ0) is 21.1. The molecule has 0 saturated heterocycles. The molecule has 0 unspecified atom stereocenters. The van der Waals surface area contributed by atoms with Crippen molar-refractivity contribution in [2.75, 3.05) is 0 Å². The summed E-state index contributed by atoms with van der Waals surface area (Å²) in [5, 5.41) is 4.46. The van der Waals surface area contributed by atoms with Crippen LogP contribution in [-0.4, -0.2) is 0 Å². The summed E-state index contributed by atoms with van der Waals surface area (Å²) < 4.78 is 8.55. The molecule has 0 N–H and O–H groups in total. The summed E-state index contributed by atoms with van der Waals surface area (Å²) in [4.78, 5) is 25.6. The SMILES string of the molecule is CCCCC[CH2][Zn+].CCCCC[CH2][Zn+].CCCCC[CH2][Zn+].O=P([O-])([O-])[O-]. The molecule has 0 atom stereocenters. The van der Waals surface area contributed by atoms with Gasteiger partial charge in [-0.1, -0.05) is 0 Å². The Morgan fingerprint density at radius 2 is 0.731 bits per heavy atom. The van der Waals surface area contributed by atoms with E-state index in [1.54, 1.807) is 0 Å². The molecule has 0 spiro atoms. The number of hydrogen-bond acceptors (Lipinski definition) is 4. The molecule has 0 aliphatic carbocycles. The quantitative estimate of drug-likeness (QED) is 0.201. The minimum Gasteiger partial charge on any atom is -0.822 e. The molecule has 4 nitrogen and oxygen atoms in total. The monoisotopic (exact) mass is 542 g/mol. The van der Waals surface area contributed by atoms with Gasteiger partial charge in [-0.2, -0.15) is 7.82 Å². The average molecular weight is 547 g/mol. The van der Waals surface area contributed by atoms with Crippen LogP contribution in [-0.2, 0) is 59.5 Å². The zero-order valence-electron chi connectivity index (χ0n) is 17.8. The average Bonchev–Trinajstić information content (AvgIpc) is 2.56. The van der Waals surface area contributed by atoms with Gasteiger partial charge in [0, 0.05) is 0 Å². The van der Waals surface area contributed by atoms with E-state index in [0.717, 1.165) is 0 Å². The first kappa shape index (κ1) is 35.4. The molecular weight excluding hydrogens is 507 g/mol. The van der Waals surface area contributed by atoms with Crippen LogP contribution in [0.25, 0.3) is 0 Å². The Balaban J connectivity index is -0.000000125. The fraction of sp³-hybridized carbons (Fsp3) is 1.00. The van der Waals surface area contributed by atoms with Crippen LogP contribution in [0.2, 0.25) is 15.0 Å². The molecule has 0 aromatic carbocycles. The maximum atomic E-state index is 8.55. The van der Waals surface area contributed by atoms with Crippen molar-refractivity contribution in [3.05, 3.63) is 0 Å². The van der Waals surface area contributed by atoms with Crippen LogP contribution in [0.15, 0.2) is 0 Å². The molecule has 26 heavy (non-hydrogen) atoms. The second-order valence-corrected chi connectivity index (χ2v) is 11.5. The van der Waals surface area contributed by atoms with E-state index in [9.17, 15) is 0 Å². The minimum atomic E-state index is -5.39. The van der Waals surface area contributed by atoms with Crippen molar-refractivity contribution in [3.63, 3.8) is 0 Å². The van der Waals surface area contributed by atoms with Crippen LogP contribution in [0.1, 0.15) is 97.8 Å². The van der Waals surface area contributed by atoms with Crippen molar-refractivity contribution in [1.82, 2.24) is 0 Å². The predicted octanol–water partition coefficient (Wildman–Crippen LogP) is 4.77. The third-order valence-corrected chi connectivity index (χ3v) is 6.46. The second-order valence-electron chi connectivity index (χ2n) is 6.19. The van der Waals surface area contributed by atoms with Crippen LogP contribution in [0.3, 0.4) is 0 Å². The fourth-order valence-electron chi connectivity index (χ4n) is 1.81. The van der Waals surface area contributed by atoms with E-state index in [2.05, 4.69) is 20.8 Å². The topological polar surface area (TPSA) is 86.2 Å². The van der Waals surface area contributed by atoms with E-state index in [-0.39, 0.29) is 0 Å². The molecule has 0 aliphatic heterocycles. The number of hydrogen-bond donors (Lipinski definition) is 0. The van der Waals surface area contributed by atoms with Crippen molar-refractivity contribution in [2.24, 2.45) is 0 Å². The molecule has 0 bridgehead atoms. The van der Waals surface area contributed by atoms with Crippen molar-refractivity contribution < 1.29 is 74.2 Å².